The largest absolute Gasteiger partial charge is 0.378 e. The van der Waals surface area contributed by atoms with Gasteiger partial charge in [0, 0.05) is 5.56 Å². The van der Waals surface area contributed by atoms with Gasteiger partial charge in [0.25, 0.3) is 0 Å². The molecule has 2 aromatic heterocycles. The molecule has 3 aromatic rings. The second-order valence-corrected chi connectivity index (χ2v) is 5.80. The Kier molecular flexibility index (Phi) is 3.60. The average molecular weight is 336 g/mol. The molecule has 25 heavy (non-hydrogen) atoms. The molecule has 0 unspecified atom stereocenters. The normalized spacial score (nSPS) is 15.8. The topological polar surface area (TPSA) is 120 Å². The van der Waals surface area contributed by atoms with Crippen molar-refractivity contribution in [2.45, 2.75) is 26.7 Å². The van der Waals surface area contributed by atoms with Gasteiger partial charge in [-0.15, -0.1) is 5.10 Å². The summed E-state index contributed by atoms with van der Waals surface area (Å²) < 4.78 is 6.08. The first-order valence-electron chi connectivity index (χ1n) is 7.85. The van der Waals surface area contributed by atoms with Crippen molar-refractivity contribution in [2.75, 3.05) is 5.73 Å². The molecule has 2 heterocycles. The van der Waals surface area contributed by atoms with Gasteiger partial charge in [0.15, 0.2) is 0 Å². The number of benzene rings is 1. The first-order valence-corrected chi connectivity index (χ1v) is 7.85. The number of aromatic nitrogens is 5. The van der Waals surface area contributed by atoms with Crippen molar-refractivity contribution in [3.63, 3.8) is 0 Å². The molecule has 0 aliphatic heterocycles. The van der Waals surface area contributed by atoms with E-state index in [0.717, 1.165) is 24.2 Å². The van der Waals surface area contributed by atoms with Crippen LogP contribution in [0.1, 0.15) is 35.9 Å². The molecule has 0 spiro atoms. The van der Waals surface area contributed by atoms with E-state index in [1.807, 2.05) is 26.0 Å². The fraction of sp³-hybridized carbons (Fsp3) is 0.250. The minimum absolute atomic E-state index is 0.150. The van der Waals surface area contributed by atoms with Gasteiger partial charge < -0.3 is 5.73 Å². The monoisotopic (exact) mass is 336 g/mol. The molecule has 0 radical (unpaired) electrons. The highest BCUT2D eigenvalue weighted by Crippen LogP contribution is 2.22. The number of fused-ring (bicyclic) bond motifs is 1. The lowest BCUT2D eigenvalue weighted by atomic mass is 10.1. The fourth-order valence-corrected chi connectivity index (χ4v) is 2.90. The molecule has 0 bridgehead atoms. The molecule has 1 aromatic carbocycles. The Labute approximate surface area is 143 Å². The van der Waals surface area contributed by atoms with Crippen LogP contribution in [0.5, 0.6) is 0 Å². The fourth-order valence-electron chi connectivity index (χ4n) is 2.90. The molecular formula is C16H16N8O. The zero-order valence-corrected chi connectivity index (χ0v) is 13.8. The summed E-state index contributed by atoms with van der Waals surface area (Å²) in [5.41, 5.74) is 11.2. The van der Waals surface area contributed by atoms with E-state index in [9.17, 15) is 0 Å². The van der Waals surface area contributed by atoms with E-state index in [2.05, 4.69) is 47.6 Å². The zero-order chi connectivity index (χ0) is 17.4. The third-order valence-corrected chi connectivity index (χ3v) is 4.21. The Morgan fingerprint density at radius 2 is 2.08 bits per heavy atom. The zero-order valence-electron chi connectivity index (χ0n) is 13.8. The standard InChI is InChI=1S/C16H16N8O/c1-9(18-19-13-8-7-11-5-3-4-6-12(11)13)14-10(2)24(23-20-14)16-15(17)21-25-22-16/h3-6H,7-8H2,1-2H3,(H2,17,21)/b18-9+,19-13+. The molecule has 1 aliphatic carbocycles. The van der Waals surface area contributed by atoms with Gasteiger partial charge in [-0.1, -0.05) is 29.5 Å². The highest BCUT2D eigenvalue weighted by atomic mass is 16.6. The Bertz CT molecular complexity index is 997. The van der Waals surface area contributed by atoms with Gasteiger partial charge in [-0.2, -0.15) is 14.9 Å². The maximum Gasteiger partial charge on any atom is 0.243 e. The van der Waals surface area contributed by atoms with Crippen molar-refractivity contribution in [3.05, 3.63) is 46.8 Å². The van der Waals surface area contributed by atoms with E-state index in [4.69, 9.17) is 5.73 Å². The number of nitrogens with zero attached hydrogens (tertiary/aromatic N) is 7. The Morgan fingerprint density at radius 3 is 2.88 bits per heavy atom. The lowest BCUT2D eigenvalue weighted by molar-refractivity contribution is 0.306. The van der Waals surface area contributed by atoms with Crippen LogP contribution in [0.3, 0.4) is 0 Å². The van der Waals surface area contributed by atoms with Crippen LogP contribution in [0.2, 0.25) is 0 Å². The van der Waals surface area contributed by atoms with Crippen molar-refractivity contribution in [1.82, 2.24) is 25.3 Å². The lowest BCUT2D eigenvalue weighted by Crippen LogP contribution is -2.04. The number of aryl methyl sites for hydroxylation is 1. The van der Waals surface area contributed by atoms with Gasteiger partial charge in [-0.05, 0) is 42.6 Å². The lowest BCUT2D eigenvalue weighted by Gasteiger charge is -1.99. The third kappa shape index (κ3) is 2.59. The van der Waals surface area contributed by atoms with Gasteiger partial charge in [-0.25, -0.2) is 4.63 Å². The van der Waals surface area contributed by atoms with Crippen molar-refractivity contribution in [3.8, 4) is 5.82 Å². The van der Waals surface area contributed by atoms with Crippen LogP contribution in [0, 0.1) is 6.92 Å². The van der Waals surface area contributed by atoms with E-state index < -0.39 is 0 Å². The van der Waals surface area contributed by atoms with Crippen molar-refractivity contribution < 1.29 is 4.63 Å². The van der Waals surface area contributed by atoms with Crippen molar-refractivity contribution in [1.29, 1.82) is 0 Å². The predicted molar refractivity (Wildman–Crippen MR) is 91.9 cm³/mol. The maximum absolute atomic E-state index is 5.71. The molecule has 2 N–H and O–H groups in total. The molecule has 0 amide bonds. The van der Waals surface area contributed by atoms with E-state index >= 15 is 0 Å². The smallest absolute Gasteiger partial charge is 0.243 e. The number of hydrogen-bond donors (Lipinski definition) is 1. The molecule has 0 fully saturated rings. The molecule has 9 heteroatoms. The minimum Gasteiger partial charge on any atom is -0.378 e. The number of hydrogen-bond acceptors (Lipinski definition) is 8. The Hall–Kier alpha value is -3.36. The number of rotatable bonds is 3. The summed E-state index contributed by atoms with van der Waals surface area (Å²) in [6.07, 6.45) is 1.89. The van der Waals surface area contributed by atoms with Crippen LogP contribution in [0.15, 0.2) is 39.1 Å². The summed E-state index contributed by atoms with van der Waals surface area (Å²) in [4.78, 5) is 0. The van der Waals surface area contributed by atoms with Gasteiger partial charge in [0.2, 0.25) is 11.6 Å². The Balaban J connectivity index is 1.65. The summed E-state index contributed by atoms with van der Waals surface area (Å²) in [5.74, 6) is 0.456. The van der Waals surface area contributed by atoms with Gasteiger partial charge in [0.1, 0.15) is 5.69 Å². The van der Waals surface area contributed by atoms with Crippen LogP contribution < -0.4 is 5.73 Å². The van der Waals surface area contributed by atoms with Crippen LogP contribution in [-0.4, -0.2) is 36.7 Å². The van der Waals surface area contributed by atoms with Crippen LogP contribution in [0.25, 0.3) is 5.82 Å². The second-order valence-electron chi connectivity index (χ2n) is 5.80. The summed E-state index contributed by atoms with van der Waals surface area (Å²) in [5, 5.41) is 24.3. The van der Waals surface area contributed by atoms with Gasteiger partial charge in [-0.3, -0.25) is 0 Å². The van der Waals surface area contributed by atoms with E-state index in [1.165, 1.54) is 15.8 Å². The molecule has 9 nitrogen and oxygen atoms in total. The third-order valence-electron chi connectivity index (χ3n) is 4.21. The van der Waals surface area contributed by atoms with E-state index in [1.54, 1.807) is 0 Å². The van der Waals surface area contributed by atoms with Gasteiger partial charge >= 0.3 is 0 Å². The number of anilines is 1. The minimum atomic E-state index is 0.150. The summed E-state index contributed by atoms with van der Waals surface area (Å²) >= 11 is 0. The van der Waals surface area contributed by atoms with Gasteiger partial charge in [0.05, 0.1) is 17.1 Å². The summed E-state index contributed by atoms with van der Waals surface area (Å²) in [6.45, 7) is 3.69. The molecule has 4 rings (SSSR count). The van der Waals surface area contributed by atoms with Crippen LogP contribution in [0.4, 0.5) is 5.82 Å². The van der Waals surface area contributed by atoms with Crippen LogP contribution in [-0.2, 0) is 6.42 Å². The molecular weight excluding hydrogens is 320 g/mol. The predicted octanol–water partition coefficient (Wildman–Crippen LogP) is 1.70. The van der Waals surface area contributed by atoms with Crippen molar-refractivity contribution >= 4 is 17.2 Å². The highest BCUT2D eigenvalue weighted by molar-refractivity contribution is 6.05. The molecule has 0 saturated heterocycles. The van der Waals surface area contributed by atoms with Crippen molar-refractivity contribution in [2.24, 2.45) is 10.2 Å². The summed E-state index contributed by atoms with van der Waals surface area (Å²) in [7, 11) is 0. The van der Waals surface area contributed by atoms with E-state index in [-0.39, 0.29) is 5.82 Å². The Morgan fingerprint density at radius 1 is 1.24 bits per heavy atom. The quantitative estimate of drug-likeness (QED) is 0.574. The van der Waals surface area contributed by atoms with Crippen LogP contribution >= 0.6 is 0 Å². The van der Waals surface area contributed by atoms with E-state index in [0.29, 0.717) is 17.2 Å². The molecule has 126 valence electrons. The molecule has 0 atom stereocenters. The average Bonchev–Trinajstić information content (AvgIpc) is 3.31. The first kappa shape index (κ1) is 15.2. The number of nitrogen functional groups attached to an aromatic ring is 1. The highest BCUT2D eigenvalue weighted by Gasteiger charge is 2.19. The maximum atomic E-state index is 5.71. The first-order chi connectivity index (χ1) is 12.1. The molecule has 0 saturated carbocycles. The molecule has 1 aliphatic rings. The number of nitrogens with two attached hydrogens (primary N) is 1. The second kappa shape index (κ2) is 5.93. The SMILES string of the molecule is C/C(=N\N=C1/CCc2ccccc21)c1nnn(-c2nonc2N)c1C. The summed E-state index contributed by atoms with van der Waals surface area (Å²) in [6, 6.07) is 8.26.